The highest BCUT2D eigenvalue weighted by molar-refractivity contribution is 5.25. The van der Waals surface area contributed by atoms with Crippen molar-refractivity contribution in [2.75, 3.05) is 0 Å². The van der Waals surface area contributed by atoms with Gasteiger partial charge in [0.1, 0.15) is 0 Å². The average molecular weight is 287 g/mol. The predicted molar refractivity (Wildman–Crippen MR) is 92.5 cm³/mol. The summed E-state index contributed by atoms with van der Waals surface area (Å²) >= 11 is 0. The van der Waals surface area contributed by atoms with Gasteiger partial charge in [-0.3, -0.25) is 0 Å². The Morgan fingerprint density at radius 3 is 2.24 bits per heavy atom. The third-order valence-electron chi connectivity index (χ3n) is 5.41. The molecule has 3 atom stereocenters. The van der Waals surface area contributed by atoms with Gasteiger partial charge in [-0.1, -0.05) is 58.9 Å². The lowest BCUT2D eigenvalue weighted by Crippen LogP contribution is -2.40. The maximum absolute atomic E-state index is 6.41. The fourth-order valence-electron chi connectivity index (χ4n) is 3.65. The van der Waals surface area contributed by atoms with Crippen LogP contribution in [-0.4, -0.2) is 6.04 Å². The first-order valence-corrected chi connectivity index (χ1v) is 8.61. The molecular weight excluding hydrogens is 254 g/mol. The number of rotatable bonds is 3. The smallest absolute Gasteiger partial charge is 0.00705 e. The Hall–Kier alpha value is -0.820. The first kappa shape index (κ1) is 16.5. The lowest BCUT2D eigenvalue weighted by atomic mass is 9.66. The molecule has 1 heteroatoms. The van der Waals surface area contributed by atoms with E-state index < -0.39 is 0 Å². The van der Waals surface area contributed by atoms with Crippen LogP contribution in [-0.2, 0) is 6.42 Å². The van der Waals surface area contributed by atoms with E-state index in [1.807, 2.05) is 0 Å². The summed E-state index contributed by atoms with van der Waals surface area (Å²) in [5, 5.41) is 0. The summed E-state index contributed by atoms with van der Waals surface area (Å²) in [6, 6.07) is 9.57. The van der Waals surface area contributed by atoms with Gasteiger partial charge in [0.05, 0.1) is 0 Å². The summed E-state index contributed by atoms with van der Waals surface area (Å²) in [5.41, 5.74) is 9.71. The molecular formula is C20H33N. The highest BCUT2D eigenvalue weighted by Gasteiger charge is 2.34. The minimum Gasteiger partial charge on any atom is -0.327 e. The molecule has 2 rings (SSSR count). The molecule has 1 aliphatic rings. The molecule has 0 amide bonds. The monoisotopic (exact) mass is 287 g/mol. The topological polar surface area (TPSA) is 26.0 Å². The molecule has 0 saturated heterocycles. The molecule has 0 spiro atoms. The summed E-state index contributed by atoms with van der Waals surface area (Å²) in [6.07, 6.45) is 4.92. The zero-order valence-corrected chi connectivity index (χ0v) is 14.5. The van der Waals surface area contributed by atoms with Gasteiger partial charge in [0.25, 0.3) is 0 Å². The SMILES string of the molecule is CC(C)c1ccc(CC2CC(C(C)(C)C)CCC2N)cc1. The van der Waals surface area contributed by atoms with Crippen molar-refractivity contribution in [3.05, 3.63) is 35.4 Å². The van der Waals surface area contributed by atoms with Crippen LogP contribution >= 0.6 is 0 Å². The summed E-state index contributed by atoms with van der Waals surface area (Å²) in [4.78, 5) is 0. The van der Waals surface area contributed by atoms with Crippen molar-refractivity contribution in [3.63, 3.8) is 0 Å². The molecule has 2 N–H and O–H groups in total. The third kappa shape index (κ3) is 4.32. The van der Waals surface area contributed by atoms with Crippen molar-refractivity contribution in [1.29, 1.82) is 0 Å². The van der Waals surface area contributed by atoms with Crippen molar-refractivity contribution >= 4 is 0 Å². The van der Waals surface area contributed by atoms with Gasteiger partial charge in [0, 0.05) is 6.04 Å². The number of hydrogen-bond acceptors (Lipinski definition) is 1. The highest BCUT2D eigenvalue weighted by Crippen LogP contribution is 2.40. The van der Waals surface area contributed by atoms with Crippen LogP contribution < -0.4 is 5.73 Å². The minimum absolute atomic E-state index is 0.383. The molecule has 21 heavy (non-hydrogen) atoms. The lowest BCUT2D eigenvalue weighted by Gasteiger charge is -2.40. The van der Waals surface area contributed by atoms with Gasteiger partial charge in [-0.05, 0) is 60.0 Å². The van der Waals surface area contributed by atoms with Crippen molar-refractivity contribution in [3.8, 4) is 0 Å². The minimum atomic E-state index is 0.383. The largest absolute Gasteiger partial charge is 0.327 e. The van der Waals surface area contributed by atoms with Gasteiger partial charge in [0.2, 0.25) is 0 Å². The normalized spacial score (nSPS) is 27.1. The van der Waals surface area contributed by atoms with E-state index in [4.69, 9.17) is 5.73 Å². The van der Waals surface area contributed by atoms with Gasteiger partial charge in [-0.25, -0.2) is 0 Å². The Morgan fingerprint density at radius 2 is 1.71 bits per heavy atom. The molecule has 0 heterocycles. The van der Waals surface area contributed by atoms with Gasteiger partial charge in [-0.15, -0.1) is 0 Å². The van der Waals surface area contributed by atoms with Crippen LogP contribution in [0.3, 0.4) is 0 Å². The van der Waals surface area contributed by atoms with Crippen LogP contribution in [0, 0.1) is 17.3 Å². The van der Waals surface area contributed by atoms with Crippen molar-refractivity contribution in [1.82, 2.24) is 0 Å². The molecule has 1 aromatic rings. The predicted octanol–water partition coefficient (Wildman–Crippen LogP) is 5.14. The second-order valence-electron chi connectivity index (χ2n) is 8.40. The molecule has 1 saturated carbocycles. The van der Waals surface area contributed by atoms with Crippen LogP contribution in [0.15, 0.2) is 24.3 Å². The van der Waals surface area contributed by atoms with Crippen molar-refractivity contribution in [2.45, 2.75) is 72.3 Å². The summed E-state index contributed by atoms with van der Waals surface area (Å²) in [6.45, 7) is 11.6. The number of hydrogen-bond donors (Lipinski definition) is 1. The van der Waals surface area contributed by atoms with E-state index in [0.29, 0.717) is 23.3 Å². The standard InChI is InChI=1S/C20H33N/c1-14(2)16-8-6-15(7-9-16)12-17-13-18(20(3,4)5)10-11-19(17)21/h6-9,14,17-19H,10-13,21H2,1-5H3. The maximum atomic E-state index is 6.41. The summed E-state index contributed by atoms with van der Waals surface area (Å²) < 4.78 is 0. The second-order valence-corrected chi connectivity index (χ2v) is 8.40. The van der Waals surface area contributed by atoms with Gasteiger partial charge in [0.15, 0.2) is 0 Å². The van der Waals surface area contributed by atoms with E-state index in [1.165, 1.54) is 30.4 Å². The van der Waals surface area contributed by atoms with Crippen LogP contribution in [0.25, 0.3) is 0 Å². The first-order chi connectivity index (χ1) is 9.77. The van der Waals surface area contributed by atoms with Crippen molar-refractivity contribution < 1.29 is 0 Å². The molecule has 0 aliphatic heterocycles. The molecule has 0 aromatic heterocycles. The van der Waals surface area contributed by atoms with Crippen LogP contribution in [0.4, 0.5) is 0 Å². The Labute approximate surface area is 131 Å². The second kappa shape index (κ2) is 6.52. The molecule has 1 aromatic carbocycles. The zero-order valence-electron chi connectivity index (χ0n) is 14.5. The number of nitrogens with two attached hydrogens (primary N) is 1. The Balaban J connectivity index is 2.03. The van der Waals surface area contributed by atoms with E-state index >= 15 is 0 Å². The lowest BCUT2D eigenvalue weighted by molar-refractivity contribution is 0.127. The first-order valence-electron chi connectivity index (χ1n) is 8.61. The molecule has 0 bridgehead atoms. The van der Waals surface area contributed by atoms with Crippen molar-refractivity contribution in [2.24, 2.45) is 23.0 Å². The zero-order chi connectivity index (χ0) is 15.6. The van der Waals surface area contributed by atoms with E-state index in [-0.39, 0.29) is 0 Å². The van der Waals surface area contributed by atoms with E-state index in [9.17, 15) is 0 Å². The highest BCUT2D eigenvalue weighted by atomic mass is 14.7. The quantitative estimate of drug-likeness (QED) is 0.818. The molecule has 1 nitrogen and oxygen atoms in total. The molecule has 1 fully saturated rings. The van der Waals surface area contributed by atoms with Gasteiger partial charge < -0.3 is 5.73 Å². The average Bonchev–Trinajstić information content (AvgIpc) is 2.40. The summed E-state index contributed by atoms with van der Waals surface area (Å²) in [7, 11) is 0. The van der Waals surface area contributed by atoms with Gasteiger partial charge in [-0.2, -0.15) is 0 Å². The van der Waals surface area contributed by atoms with E-state index in [0.717, 1.165) is 12.3 Å². The van der Waals surface area contributed by atoms with E-state index in [1.54, 1.807) is 0 Å². The molecule has 0 radical (unpaired) electrons. The Kier molecular flexibility index (Phi) is 5.14. The fraction of sp³-hybridized carbons (Fsp3) is 0.700. The Morgan fingerprint density at radius 1 is 1.10 bits per heavy atom. The third-order valence-corrected chi connectivity index (χ3v) is 5.41. The Bertz CT molecular complexity index is 438. The molecule has 118 valence electrons. The van der Waals surface area contributed by atoms with Crippen LogP contribution in [0.2, 0.25) is 0 Å². The molecule has 1 aliphatic carbocycles. The van der Waals surface area contributed by atoms with Gasteiger partial charge >= 0.3 is 0 Å². The fourth-order valence-corrected chi connectivity index (χ4v) is 3.65. The summed E-state index contributed by atoms with van der Waals surface area (Å²) in [5.74, 6) is 2.08. The molecule has 3 unspecified atom stereocenters. The van der Waals surface area contributed by atoms with Crippen LogP contribution in [0.5, 0.6) is 0 Å². The van der Waals surface area contributed by atoms with Crippen LogP contribution in [0.1, 0.15) is 70.9 Å². The number of benzene rings is 1. The van der Waals surface area contributed by atoms with E-state index in [2.05, 4.69) is 58.9 Å². The maximum Gasteiger partial charge on any atom is 0.00705 e.